The van der Waals surface area contributed by atoms with E-state index in [0.717, 1.165) is 17.0 Å². The van der Waals surface area contributed by atoms with Gasteiger partial charge in [-0.2, -0.15) is 8.42 Å². The lowest BCUT2D eigenvalue weighted by molar-refractivity contribution is 0.484. The van der Waals surface area contributed by atoms with E-state index in [4.69, 9.17) is 0 Å². The number of benzene rings is 3. The number of aryl methyl sites for hydroxylation is 1. The average Bonchev–Trinajstić information content (AvgIpc) is 2.59. The molecule has 4 rings (SSSR count). The Hall–Kier alpha value is -2.83. The van der Waals surface area contributed by atoms with Crippen molar-refractivity contribution in [1.29, 1.82) is 0 Å². The molecular formula is C19H14N2O3S. The third-order valence-corrected chi connectivity index (χ3v) is 5.04. The van der Waals surface area contributed by atoms with Crippen molar-refractivity contribution in [3.8, 4) is 11.3 Å². The van der Waals surface area contributed by atoms with Gasteiger partial charge in [0.1, 0.15) is 4.90 Å². The Bertz CT molecular complexity index is 1220. The normalized spacial score (nSPS) is 11.9. The predicted octanol–water partition coefficient (Wildman–Crippen LogP) is 4.01. The Balaban J connectivity index is 2.06. The van der Waals surface area contributed by atoms with Crippen molar-refractivity contribution >= 4 is 31.9 Å². The van der Waals surface area contributed by atoms with Crippen LogP contribution in [-0.2, 0) is 10.1 Å². The van der Waals surface area contributed by atoms with Gasteiger partial charge >= 0.3 is 0 Å². The largest absolute Gasteiger partial charge is 0.295 e. The zero-order valence-electron chi connectivity index (χ0n) is 13.3. The van der Waals surface area contributed by atoms with E-state index in [9.17, 15) is 13.0 Å². The molecule has 3 aromatic carbocycles. The fraction of sp³-hybridized carbons (Fsp3) is 0.0526. The monoisotopic (exact) mass is 350 g/mol. The summed E-state index contributed by atoms with van der Waals surface area (Å²) in [6.45, 7) is 1.90. The van der Waals surface area contributed by atoms with Crippen molar-refractivity contribution in [2.45, 2.75) is 11.8 Å². The molecule has 4 aromatic rings. The second kappa shape index (κ2) is 5.61. The third kappa shape index (κ3) is 2.75. The minimum Gasteiger partial charge on any atom is -0.282 e. The van der Waals surface area contributed by atoms with E-state index in [0.29, 0.717) is 21.8 Å². The second-order valence-corrected chi connectivity index (χ2v) is 7.21. The van der Waals surface area contributed by atoms with Gasteiger partial charge in [-0.1, -0.05) is 42.5 Å². The maximum Gasteiger partial charge on any atom is 0.295 e. The Labute approximate surface area is 144 Å². The SMILES string of the molecule is Cc1nc2cc3cccc(S(=O)(=O)O)c3cc2nc1-c1ccccc1. The van der Waals surface area contributed by atoms with Crippen LogP contribution in [0.5, 0.6) is 0 Å². The van der Waals surface area contributed by atoms with Crippen LogP contribution in [0.3, 0.4) is 0 Å². The van der Waals surface area contributed by atoms with Crippen LogP contribution in [0.15, 0.2) is 65.6 Å². The summed E-state index contributed by atoms with van der Waals surface area (Å²) >= 11 is 0. The maximum absolute atomic E-state index is 11.6. The van der Waals surface area contributed by atoms with E-state index in [-0.39, 0.29) is 4.90 Å². The Kier molecular flexibility index (Phi) is 3.52. The molecule has 0 radical (unpaired) electrons. The number of hydrogen-bond donors (Lipinski definition) is 1. The second-order valence-electron chi connectivity index (χ2n) is 5.82. The van der Waals surface area contributed by atoms with Gasteiger partial charge in [0.2, 0.25) is 0 Å². The molecule has 6 heteroatoms. The first kappa shape index (κ1) is 15.7. The van der Waals surface area contributed by atoms with Gasteiger partial charge in [-0.15, -0.1) is 0 Å². The van der Waals surface area contributed by atoms with Gasteiger partial charge in [0.05, 0.1) is 22.4 Å². The molecule has 0 aliphatic heterocycles. The average molecular weight is 350 g/mol. The molecule has 0 saturated heterocycles. The van der Waals surface area contributed by atoms with Crippen LogP contribution in [-0.4, -0.2) is 22.9 Å². The molecule has 0 bridgehead atoms. The first-order chi connectivity index (χ1) is 11.9. The van der Waals surface area contributed by atoms with Crippen molar-refractivity contribution in [2.75, 3.05) is 0 Å². The fourth-order valence-corrected chi connectivity index (χ4v) is 3.69. The van der Waals surface area contributed by atoms with Crippen LogP contribution in [0.1, 0.15) is 5.69 Å². The molecule has 124 valence electrons. The first-order valence-electron chi connectivity index (χ1n) is 7.67. The molecule has 0 spiro atoms. The highest BCUT2D eigenvalue weighted by atomic mass is 32.2. The minimum absolute atomic E-state index is 0.129. The minimum atomic E-state index is -4.32. The molecule has 1 N–H and O–H groups in total. The smallest absolute Gasteiger partial charge is 0.282 e. The highest BCUT2D eigenvalue weighted by Gasteiger charge is 2.15. The van der Waals surface area contributed by atoms with Gasteiger partial charge in [-0.25, -0.2) is 9.97 Å². The fourth-order valence-electron chi connectivity index (χ4n) is 2.98. The molecule has 0 atom stereocenters. The zero-order chi connectivity index (χ0) is 17.6. The lowest BCUT2D eigenvalue weighted by Gasteiger charge is -2.09. The molecule has 0 fully saturated rings. The van der Waals surface area contributed by atoms with Crippen LogP contribution < -0.4 is 0 Å². The van der Waals surface area contributed by atoms with E-state index in [1.54, 1.807) is 24.3 Å². The predicted molar refractivity (Wildman–Crippen MR) is 97.0 cm³/mol. The highest BCUT2D eigenvalue weighted by molar-refractivity contribution is 7.86. The van der Waals surface area contributed by atoms with Crippen molar-refractivity contribution in [3.63, 3.8) is 0 Å². The summed E-state index contributed by atoms with van der Waals surface area (Å²) in [6, 6.07) is 17.9. The Morgan fingerprint density at radius 1 is 0.880 bits per heavy atom. The van der Waals surface area contributed by atoms with Gasteiger partial charge in [-0.3, -0.25) is 4.55 Å². The molecule has 0 aliphatic carbocycles. The molecule has 0 unspecified atom stereocenters. The first-order valence-corrected chi connectivity index (χ1v) is 9.11. The summed E-state index contributed by atoms with van der Waals surface area (Å²) in [5, 5.41) is 1.11. The van der Waals surface area contributed by atoms with Gasteiger partial charge in [0.25, 0.3) is 10.1 Å². The van der Waals surface area contributed by atoms with E-state index < -0.39 is 10.1 Å². The van der Waals surface area contributed by atoms with Gasteiger partial charge in [-0.05, 0) is 30.5 Å². The van der Waals surface area contributed by atoms with Crippen LogP contribution in [0.2, 0.25) is 0 Å². The Morgan fingerprint density at radius 2 is 1.60 bits per heavy atom. The maximum atomic E-state index is 11.6. The highest BCUT2D eigenvalue weighted by Crippen LogP contribution is 2.29. The Morgan fingerprint density at radius 3 is 2.32 bits per heavy atom. The number of rotatable bonds is 2. The van der Waals surface area contributed by atoms with Crippen molar-refractivity contribution in [1.82, 2.24) is 9.97 Å². The van der Waals surface area contributed by atoms with Crippen LogP contribution in [0, 0.1) is 6.92 Å². The molecular weight excluding hydrogens is 336 g/mol. The summed E-state index contributed by atoms with van der Waals surface area (Å²) in [4.78, 5) is 9.17. The number of fused-ring (bicyclic) bond motifs is 2. The number of hydrogen-bond acceptors (Lipinski definition) is 4. The standard InChI is InChI=1S/C19H14N2O3S/c1-12-19(13-6-3-2-4-7-13)21-17-11-15-14(10-16(17)20-12)8-5-9-18(15)25(22,23)24/h2-11H,1H3,(H,22,23,24). The van der Waals surface area contributed by atoms with Crippen molar-refractivity contribution < 1.29 is 13.0 Å². The van der Waals surface area contributed by atoms with Gasteiger partial charge < -0.3 is 0 Å². The molecule has 0 amide bonds. The van der Waals surface area contributed by atoms with E-state index >= 15 is 0 Å². The van der Waals surface area contributed by atoms with E-state index in [1.165, 1.54) is 6.07 Å². The third-order valence-electron chi connectivity index (χ3n) is 4.12. The molecule has 1 heterocycles. The summed E-state index contributed by atoms with van der Waals surface area (Å²) in [5.41, 5.74) is 3.74. The topological polar surface area (TPSA) is 80.2 Å². The van der Waals surface area contributed by atoms with Crippen LogP contribution in [0.25, 0.3) is 33.1 Å². The summed E-state index contributed by atoms with van der Waals surface area (Å²) in [5.74, 6) is 0. The number of aromatic nitrogens is 2. The molecule has 0 aliphatic rings. The molecule has 1 aromatic heterocycles. The number of nitrogens with zero attached hydrogens (tertiary/aromatic N) is 2. The summed E-state index contributed by atoms with van der Waals surface area (Å²) in [7, 11) is -4.32. The van der Waals surface area contributed by atoms with Crippen LogP contribution in [0.4, 0.5) is 0 Å². The summed E-state index contributed by atoms with van der Waals surface area (Å²) < 4.78 is 32.8. The molecule has 5 nitrogen and oxygen atoms in total. The molecule has 0 saturated carbocycles. The van der Waals surface area contributed by atoms with E-state index in [1.807, 2.05) is 37.3 Å². The van der Waals surface area contributed by atoms with Crippen molar-refractivity contribution in [3.05, 3.63) is 66.4 Å². The lowest BCUT2D eigenvalue weighted by Crippen LogP contribution is -2.00. The van der Waals surface area contributed by atoms with Crippen molar-refractivity contribution in [2.24, 2.45) is 0 Å². The zero-order valence-corrected chi connectivity index (χ0v) is 14.2. The molecule has 25 heavy (non-hydrogen) atoms. The lowest BCUT2D eigenvalue weighted by atomic mass is 10.1. The van der Waals surface area contributed by atoms with E-state index in [2.05, 4.69) is 9.97 Å². The van der Waals surface area contributed by atoms with Crippen LogP contribution >= 0.6 is 0 Å². The summed E-state index contributed by atoms with van der Waals surface area (Å²) in [6.07, 6.45) is 0. The van der Waals surface area contributed by atoms with Gasteiger partial charge in [0, 0.05) is 10.9 Å². The van der Waals surface area contributed by atoms with Gasteiger partial charge in [0.15, 0.2) is 0 Å². The quantitative estimate of drug-likeness (QED) is 0.436.